The summed E-state index contributed by atoms with van der Waals surface area (Å²) in [5.41, 5.74) is 1.41. The Morgan fingerprint density at radius 3 is 1.54 bits per heavy atom. The van der Waals surface area contributed by atoms with Gasteiger partial charge >= 0.3 is 0 Å². The van der Waals surface area contributed by atoms with Crippen molar-refractivity contribution in [3.05, 3.63) is 35.9 Å². The third-order valence-electron chi connectivity index (χ3n) is 1.47. The summed E-state index contributed by atoms with van der Waals surface area (Å²) in [5.74, 6) is 0.659. The molecule has 0 amide bonds. The van der Waals surface area contributed by atoms with E-state index in [-0.39, 0.29) is 17.3 Å². The van der Waals surface area contributed by atoms with Crippen molar-refractivity contribution in [3.63, 3.8) is 0 Å². The first-order valence-electron chi connectivity index (χ1n) is 4.35. The normalized spacial score (nSPS) is 7.46. The molecular weight excluding hydrogens is 175 g/mol. The van der Waals surface area contributed by atoms with Crippen molar-refractivity contribution in [1.82, 2.24) is 0 Å². The van der Waals surface area contributed by atoms with E-state index in [2.05, 4.69) is 38.1 Å². The average molecular weight is 200 g/mol. The number of hydrogen-bond donors (Lipinski definition) is 0. The minimum absolute atomic E-state index is 0. The van der Waals surface area contributed by atoms with Gasteiger partial charge < -0.3 is 0 Å². The Labute approximate surface area is 87.4 Å². The van der Waals surface area contributed by atoms with E-state index in [4.69, 9.17) is 0 Å². The zero-order chi connectivity index (χ0) is 8.69. The Morgan fingerprint density at radius 2 is 1.31 bits per heavy atom. The van der Waals surface area contributed by atoms with Gasteiger partial charge in [0.2, 0.25) is 0 Å². The Bertz CT molecular complexity index is 168. The topological polar surface area (TPSA) is 0 Å². The van der Waals surface area contributed by atoms with Gasteiger partial charge in [-0.05, 0) is 11.5 Å². The molecule has 0 N–H and O–H groups in total. The van der Waals surface area contributed by atoms with E-state index in [1.54, 1.807) is 0 Å². The van der Waals surface area contributed by atoms with E-state index in [1.807, 2.05) is 19.9 Å². The Kier molecular flexibility index (Phi) is 16.5. The fourth-order valence-corrected chi connectivity index (χ4v) is 0.838. The molecule has 13 heavy (non-hydrogen) atoms. The summed E-state index contributed by atoms with van der Waals surface area (Å²) in [5, 5.41) is 0. The lowest BCUT2D eigenvalue weighted by atomic mass is 10.0. The van der Waals surface area contributed by atoms with Gasteiger partial charge in [0.25, 0.3) is 0 Å². The van der Waals surface area contributed by atoms with Gasteiger partial charge in [0.1, 0.15) is 0 Å². The maximum Gasteiger partial charge on any atom is -0.0219 e. The quantitative estimate of drug-likeness (QED) is 0.584. The Morgan fingerprint density at radius 1 is 0.923 bits per heavy atom. The molecule has 1 heteroatoms. The molecule has 0 spiro atoms. The van der Waals surface area contributed by atoms with Crippen LogP contribution in [0.2, 0.25) is 0 Å². The number of benzene rings is 1. The molecule has 0 aliphatic rings. The summed E-state index contributed by atoms with van der Waals surface area (Å²) in [4.78, 5) is 0. The molecule has 0 aliphatic carbocycles. The van der Waals surface area contributed by atoms with Crippen molar-refractivity contribution in [1.29, 1.82) is 0 Å². The summed E-state index contributed by atoms with van der Waals surface area (Å²) in [6.07, 6.45) is 0. The van der Waals surface area contributed by atoms with Crippen molar-refractivity contribution < 1.29 is 0 Å². The number of hydrogen-bond acceptors (Lipinski definition) is 0. The van der Waals surface area contributed by atoms with Crippen LogP contribution in [0.4, 0.5) is 0 Å². The molecule has 0 fully saturated rings. The molecule has 0 saturated heterocycles. The van der Waals surface area contributed by atoms with E-state index in [0.717, 1.165) is 0 Å². The average Bonchev–Trinajstić information content (AvgIpc) is 2.10. The monoisotopic (exact) mass is 200 g/mol. The Balaban J connectivity index is -0.000000234. The van der Waals surface area contributed by atoms with Crippen molar-refractivity contribution >= 4 is 9.90 Å². The second kappa shape index (κ2) is 11.6. The third-order valence-corrected chi connectivity index (χ3v) is 1.47. The predicted octanol–water partition coefficient (Wildman–Crippen LogP) is 4.53. The maximum absolute atomic E-state index is 2.20. The summed E-state index contributed by atoms with van der Waals surface area (Å²) in [7, 11) is 0. The van der Waals surface area contributed by atoms with E-state index in [0.29, 0.717) is 5.92 Å². The van der Waals surface area contributed by atoms with Gasteiger partial charge in [-0.25, -0.2) is 0 Å². The fourth-order valence-electron chi connectivity index (χ4n) is 0.838. The summed E-state index contributed by atoms with van der Waals surface area (Å²) in [6.45, 7) is 8.41. The van der Waals surface area contributed by atoms with Crippen molar-refractivity contribution in [2.45, 2.75) is 41.0 Å². The molecule has 1 rings (SSSR count). The van der Waals surface area contributed by atoms with Crippen LogP contribution in [0.3, 0.4) is 0 Å². The van der Waals surface area contributed by atoms with Crippen LogP contribution in [0.5, 0.6) is 0 Å². The van der Waals surface area contributed by atoms with Gasteiger partial charge in [-0.15, -0.1) is 0 Å². The molecule has 1 atom stereocenters. The van der Waals surface area contributed by atoms with Gasteiger partial charge in [0, 0.05) is 0 Å². The molecule has 0 aromatic heterocycles. The first-order valence-corrected chi connectivity index (χ1v) is 4.35. The van der Waals surface area contributed by atoms with E-state index in [9.17, 15) is 0 Å². The molecule has 0 heterocycles. The summed E-state index contributed by atoms with van der Waals surface area (Å²) in [6, 6.07) is 10.5. The highest BCUT2D eigenvalue weighted by molar-refractivity contribution is 6.92. The van der Waals surface area contributed by atoms with Crippen LogP contribution in [0.15, 0.2) is 30.3 Å². The molecule has 0 radical (unpaired) electrons. The lowest BCUT2D eigenvalue weighted by Gasteiger charge is -2.01. The number of rotatable bonds is 1. The molecule has 0 saturated carbocycles. The van der Waals surface area contributed by atoms with Gasteiger partial charge in [0.15, 0.2) is 0 Å². The standard InChI is InChI=1S/C9H12.C2H6.CH4.H3P/c1-8(2)9-6-4-3-5-7-9;1-2;;/h3-8H,1-2H3;1-2H3;1H4;1H3. The molecule has 0 nitrogen and oxygen atoms in total. The van der Waals surface area contributed by atoms with Crippen LogP contribution in [0, 0.1) is 0 Å². The van der Waals surface area contributed by atoms with Crippen LogP contribution in [0.25, 0.3) is 0 Å². The van der Waals surface area contributed by atoms with Crippen LogP contribution in [0.1, 0.15) is 46.6 Å². The first kappa shape index (κ1) is 18.4. The van der Waals surface area contributed by atoms with Gasteiger partial charge in [-0.3, -0.25) is 0 Å². The van der Waals surface area contributed by atoms with Crippen molar-refractivity contribution in [2.24, 2.45) is 0 Å². The minimum atomic E-state index is 0. The molecule has 0 aliphatic heterocycles. The molecule has 1 unspecified atom stereocenters. The third kappa shape index (κ3) is 7.99. The molecular formula is C12H25P. The van der Waals surface area contributed by atoms with E-state index in [1.165, 1.54) is 5.56 Å². The van der Waals surface area contributed by atoms with Crippen LogP contribution < -0.4 is 0 Å². The van der Waals surface area contributed by atoms with Gasteiger partial charge in [-0.2, -0.15) is 9.90 Å². The maximum atomic E-state index is 2.20. The largest absolute Gasteiger partial charge is 0.153 e. The summed E-state index contributed by atoms with van der Waals surface area (Å²) >= 11 is 0. The molecule has 1 aromatic carbocycles. The SMILES string of the molecule is C.CC.CC(C)c1ccccc1.P. The van der Waals surface area contributed by atoms with Gasteiger partial charge in [-0.1, -0.05) is 65.5 Å². The highest BCUT2D eigenvalue weighted by Crippen LogP contribution is 2.11. The predicted molar refractivity (Wildman–Crippen MR) is 69.7 cm³/mol. The second-order valence-electron chi connectivity index (χ2n) is 2.57. The fraction of sp³-hybridized carbons (Fsp3) is 0.500. The zero-order valence-electron chi connectivity index (χ0n) is 8.67. The first-order chi connectivity index (χ1) is 5.30. The van der Waals surface area contributed by atoms with Crippen LogP contribution in [-0.4, -0.2) is 0 Å². The molecule has 78 valence electrons. The van der Waals surface area contributed by atoms with Crippen molar-refractivity contribution in [3.8, 4) is 0 Å². The molecule has 1 aromatic rings. The summed E-state index contributed by atoms with van der Waals surface area (Å²) < 4.78 is 0. The minimum Gasteiger partial charge on any atom is -0.153 e. The lowest BCUT2D eigenvalue weighted by Crippen LogP contribution is -1.83. The smallest absolute Gasteiger partial charge is 0.0219 e. The highest BCUT2D eigenvalue weighted by Gasteiger charge is 1.93. The van der Waals surface area contributed by atoms with Crippen LogP contribution in [-0.2, 0) is 0 Å². The molecule has 0 bridgehead atoms. The Hall–Kier alpha value is -0.350. The van der Waals surface area contributed by atoms with Crippen LogP contribution >= 0.6 is 9.90 Å². The lowest BCUT2D eigenvalue weighted by molar-refractivity contribution is 0.867. The highest BCUT2D eigenvalue weighted by atomic mass is 31.0. The van der Waals surface area contributed by atoms with Crippen molar-refractivity contribution in [2.75, 3.05) is 0 Å². The second-order valence-corrected chi connectivity index (χ2v) is 2.57. The van der Waals surface area contributed by atoms with E-state index >= 15 is 0 Å². The zero-order valence-corrected chi connectivity index (χ0v) is 10.1. The van der Waals surface area contributed by atoms with Gasteiger partial charge in [0.05, 0.1) is 0 Å². The van der Waals surface area contributed by atoms with E-state index < -0.39 is 0 Å².